The van der Waals surface area contributed by atoms with Gasteiger partial charge in [0.1, 0.15) is 6.67 Å². The lowest BCUT2D eigenvalue weighted by atomic mass is 10.4. The molecule has 1 aliphatic heterocycles. The minimum Gasteiger partial charge on any atom is -0.299 e. The van der Waals surface area contributed by atoms with Crippen molar-refractivity contribution in [2.45, 2.75) is 25.3 Å². The van der Waals surface area contributed by atoms with Crippen LogP contribution in [0.4, 0.5) is 4.39 Å². The summed E-state index contributed by atoms with van der Waals surface area (Å²) in [6.07, 6.45) is 4.00. The van der Waals surface area contributed by atoms with E-state index in [1.54, 1.807) is 0 Å². The van der Waals surface area contributed by atoms with Gasteiger partial charge in [-0.25, -0.2) is 4.39 Å². The number of hydrogen-bond donors (Lipinski definition) is 0. The average Bonchev–Trinajstić information content (AvgIpc) is 2.89. The van der Waals surface area contributed by atoms with Gasteiger partial charge in [-0.15, -0.1) is 0 Å². The molecule has 2 rings (SSSR count). The molecule has 1 heterocycles. The summed E-state index contributed by atoms with van der Waals surface area (Å²) in [5.41, 5.74) is 0. The molecule has 1 saturated heterocycles. The van der Waals surface area contributed by atoms with E-state index >= 15 is 0 Å². The monoisotopic (exact) mass is 186 g/mol. The largest absolute Gasteiger partial charge is 0.299 e. The van der Waals surface area contributed by atoms with Gasteiger partial charge in [-0.1, -0.05) is 0 Å². The molecule has 1 saturated carbocycles. The molecule has 1 aliphatic carbocycles. The van der Waals surface area contributed by atoms with E-state index in [9.17, 15) is 4.39 Å². The topological polar surface area (TPSA) is 6.48 Å². The van der Waals surface area contributed by atoms with Gasteiger partial charge in [0, 0.05) is 25.7 Å². The van der Waals surface area contributed by atoms with E-state index in [4.69, 9.17) is 0 Å². The molecule has 3 heteroatoms. The molecular weight excluding hydrogens is 167 g/mol. The minimum atomic E-state index is -0.191. The van der Waals surface area contributed by atoms with Crippen molar-refractivity contribution in [1.29, 1.82) is 0 Å². The van der Waals surface area contributed by atoms with Gasteiger partial charge in [-0.3, -0.25) is 9.80 Å². The lowest BCUT2D eigenvalue weighted by Crippen LogP contribution is -2.33. The van der Waals surface area contributed by atoms with E-state index in [-0.39, 0.29) is 6.67 Å². The number of rotatable bonds is 3. The van der Waals surface area contributed by atoms with Gasteiger partial charge in [-0.05, 0) is 32.4 Å². The normalized spacial score (nSPS) is 27.5. The van der Waals surface area contributed by atoms with Crippen LogP contribution in [0.1, 0.15) is 19.3 Å². The van der Waals surface area contributed by atoms with E-state index < -0.39 is 0 Å². The third-order valence-corrected chi connectivity index (χ3v) is 3.09. The van der Waals surface area contributed by atoms with Crippen LogP contribution in [0, 0.1) is 0 Å². The summed E-state index contributed by atoms with van der Waals surface area (Å²) in [7, 11) is 0. The fourth-order valence-corrected chi connectivity index (χ4v) is 2.14. The first kappa shape index (κ1) is 9.41. The van der Waals surface area contributed by atoms with E-state index in [2.05, 4.69) is 9.80 Å². The smallest absolute Gasteiger partial charge is 0.102 e. The van der Waals surface area contributed by atoms with Gasteiger partial charge in [0.15, 0.2) is 0 Å². The molecule has 0 unspecified atom stereocenters. The first-order valence-corrected chi connectivity index (χ1v) is 5.42. The van der Waals surface area contributed by atoms with Gasteiger partial charge >= 0.3 is 0 Å². The van der Waals surface area contributed by atoms with Crippen LogP contribution in [0.25, 0.3) is 0 Å². The molecule has 76 valence electrons. The Morgan fingerprint density at radius 3 is 2.62 bits per heavy atom. The minimum absolute atomic E-state index is 0.191. The highest BCUT2D eigenvalue weighted by molar-refractivity contribution is 4.86. The van der Waals surface area contributed by atoms with Crippen LogP contribution < -0.4 is 0 Å². The second-order valence-corrected chi connectivity index (χ2v) is 4.15. The van der Waals surface area contributed by atoms with Gasteiger partial charge in [0.05, 0.1) is 0 Å². The summed E-state index contributed by atoms with van der Waals surface area (Å²) in [6, 6.07) is 0.880. The third kappa shape index (κ3) is 2.64. The average molecular weight is 186 g/mol. The Kier molecular flexibility index (Phi) is 3.17. The van der Waals surface area contributed by atoms with Crippen LogP contribution in [0.15, 0.2) is 0 Å². The summed E-state index contributed by atoms with van der Waals surface area (Å²) in [4.78, 5) is 4.83. The predicted molar refractivity (Wildman–Crippen MR) is 51.6 cm³/mol. The zero-order chi connectivity index (χ0) is 9.10. The molecule has 0 atom stereocenters. The fraction of sp³-hybridized carbons (Fsp3) is 1.00. The van der Waals surface area contributed by atoms with Crippen molar-refractivity contribution in [2.24, 2.45) is 0 Å². The van der Waals surface area contributed by atoms with E-state index in [0.717, 1.165) is 25.7 Å². The summed E-state index contributed by atoms with van der Waals surface area (Å²) in [5, 5.41) is 0. The quantitative estimate of drug-likeness (QED) is 0.652. The molecule has 0 spiro atoms. The van der Waals surface area contributed by atoms with Crippen molar-refractivity contribution in [3.05, 3.63) is 0 Å². The Morgan fingerprint density at radius 2 is 1.92 bits per heavy atom. The molecule has 0 aromatic carbocycles. The van der Waals surface area contributed by atoms with Crippen molar-refractivity contribution < 1.29 is 4.39 Å². The molecule has 0 aromatic rings. The highest BCUT2D eigenvalue weighted by Crippen LogP contribution is 2.27. The second-order valence-electron chi connectivity index (χ2n) is 4.15. The van der Waals surface area contributed by atoms with Crippen LogP contribution in [-0.4, -0.2) is 55.2 Å². The Bertz CT molecular complexity index is 159. The SMILES string of the molecule is FCCN1CCCN(C2CC2)CC1. The van der Waals surface area contributed by atoms with E-state index in [0.29, 0.717) is 6.54 Å². The first-order chi connectivity index (χ1) is 6.40. The lowest BCUT2D eigenvalue weighted by molar-refractivity contribution is 0.237. The molecule has 0 bridgehead atoms. The summed E-state index contributed by atoms with van der Waals surface area (Å²) in [6.45, 7) is 4.99. The predicted octanol–water partition coefficient (Wildman–Crippen LogP) is 1.13. The van der Waals surface area contributed by atoms with Gasteiger partial charge in [-0.2, -0.15) is 0 Å². The molecule has 2 fully saturated rings. The van der Waals surface area contributed by atoms with Crippen molar-refractivity contribution in [1.82, 2.24) is 9.80 Å². The maximum absolute atomic E-state index is 12.1. The molecular formula is C10H19FN2. The Hall–Kier alpha value is -0.150. The summed E-state index contributed by atoms with van der Waals surface area (Å²) < 4.78 is 12.1. The highest BCUT2D eigenvalue weighted by atomic mass is 19.1. The third-order valence-electron chi connectivity index (χ3n) is 3.09. The number of hydrogen-bond acceptors (Lipinski definition) is 2. The van der Waals surface area contributed by atoms with E-state index in [1.807, 2.05) is 0 Å². The van der Waals surface area contributed by atoms with Crippen LogP contribution in [0.3, 0.4) is 0 Å². The molecule has 2 nitrogen and oxygen atoms in total. The summed E-state index contributed by atoms with van der Waals surface area (Å²) in [5.74, 6) is 0. The van der Waals surface area contributed by atoms with Gasteiger partial charge < -0.3 is 0 Å². The highest BCUT2D eigenvalue weighted by Gasteiger charge is 2.29. The molecule has 0 radical (unpaired) electrons. The molecule has 0 aromatic heterocycles. The first-order valence-electron chi connectivity index (χ1n) is 5.42. The van der Waals surface area contributed by atoms with Crippen LogP contribution in [-0.2, 0) is 0 Å². The zero-order valence-corrected chi connectivity index (χ0v) is 8.21. The van der Waals surface area contributed by atoms with Gasteiger partial charge in [0.25, 0.3) is 0 Å². The number of alkyl halides is 1. The standard InChI is InChI=1S/C10H19FN2/c11-4-7-12-5-1-6-13(9-8-12)10-2-3-10/h10H,1-9H2. The van der Waals surface area contributed by atoms with Crippen LogP contribution >= 0.6 is 0 Å². The Morgan fingerprint density at radius 1 is 1.08 bits per heavy atom. The Balaban J connectivity index is 1.75. The molecule has 13 heavy (non-hydrogen) atoms. The molecule has 2 aliphatic rings. The van der Waals surface area contributed by atoms with Crippen molar-refractivity contribution in [3.8, 4) is 0 Å². The van der Waals surface area contributed by atoms with Crippen LogP contribution in [0.5, 0.6) is 0 Å². The van der Waals surface area contributed by atoms with Gasteiger partial charge in [0.2, 0.25) is 0 Å². The maximum atomic E-state index is 12.1. The van der Waals surface area contributed by atoms with E-state index in [1.165, 1.54) is 25.8 Å². The Labute approximate surface area is 79.7 Å². The molecule has 0 N–H and O–H groups in total. The molecule has 0 amide bonds. The van der Waals surface area contributed by atoms with Crippen molar-refractivity contribution in [2.75, 3.05) is 39.4 Å². The van der Waals surface area contributed by atoms with Crippen LogP contribution in [0.2, 0.25) is 0 Å². The van der Waals surface area contributed by atoms with Crippen molar-refractivity contribution in [3.63, 3.8) is 0 Å². The van der Waals surface area contributed by atoms with Crippen molar-refractivity contribution >= 4 is 0 Å². The fourth-order valence-electron chi connectivity index (χ4n) is 2.14. The lowest BCUT2D eigenvalue weighted by Gasteiger charge is -2.20. The summed E-state index contributed by atoms with van der Waals surface area (Å²) >= 11 is 0. The number of halogens is 1. The zero-order valence-electron chi connectivity index (χ0n) is 8.21. The number of nitrogens with zero attached hydrogens (tertiary/aromatic N) is 2. The maximum Gasteiger partial charge on any atom is 0.102 e. The second kappa shape index (κ2) is 4.38.